The fraction of sp³-hybridized carbons (Fsp3) is 0.800. The van der Waals surface area contributed by atoms with Crippen LogP contribution in [0.15, 0.2) is 0 Å². The lowest BCUT2D eigenvalue weighted by Gasteiger charge is -2.20. The lowest BCUT2D eigenvalue weighted by Crippen LogP contribution is -2.40. The fourth-order valence-electron chi connectivity index (χ4n) is 2.58. The summed E-state index contributed by atoms with van der Waals surface area (Å²) >= 11 is 0. The Bertz CT molecular complexity index is 294. The number of nitrogens with zero attached hydrogens (tertiary/aromatic N) is 2. The predicted molar refractivity (Wildman–Crippen MR) is 57.2 cm³/mol. The average Bonchev–Trinajstić information content (AvgIpc) is 2.73. The van der Waals surface area contributed by atoms with Crippen LogP contribution < -0.4 is 5.32 Å². The van der Waals surface area contributed by atoms with Crippen LogP contribution in [0.4, 0.5) is 9.59 Å². The van der Waals surface area contributed by atoms with Crippen LogP contribution in [-0.4, -0.2) is 59.8 Å². The van der Waals surface area contributed by atoms with Crippen molar-refractivity contribution in [2.45, 2.75) is 6.92 Å². The third-order valence-corrected chi connectivity index (χ3v) is 3.37. The van der Waals surface area contributed by atoms with Gasteiger partial charge in [0.25, 0.3) is 0 Å². The number of fused-ring (bicyclic) bond motifs is 1. The number of carbonyl (C=O) groups excluding carboxylic acids is 1. The Morgan fingerprint density at radius 1 is 1.19 bits per heavy atom. The number of amides is 3. The maximum Gasteiger partial charge on any atom is 0.407 e. The summed E-state index contributed by atoms with van der Waals surface area (Å²) in [6.45, 7) is 5.01. The summed E-state index contributed by atoms with van der Waals surface area (Å²) in [5.41, 5.74) is 0. The monoisotopic (exact) mass is 227 g/mol. The minimum absolute atomic E-state index is 0.0289. The lowest BCUT2D eigenvalue weighted by molar-refractivity contribution is 0.149. The van der Waals surface area contributed by atoms with Crippen molar-refractivity contribution in [3.8, 4) is 0 Å². The van der Waals surface area contributed by atoms with Crippen LogP contribution in [0, 0.1) is 11.8 Å². The second kappa shape index (κ2) is 4.19. The van der Waals surface area contributed by atoms with E-state index in [2.05, 4.69) is 5.32 Å². The molecule has 2 saturated heterocycles. The fourth-order valence-corrected chi connectivity index (χ4v) is 2.58. The molecule has 0 radical (unpaired) electrons. The molecule has 2 heterocycles. The van der Waals surface area contributed by atoms with Gasteiger partial charge in [-0.3, -0.25) is 0 Å². The summed E-state index contributed by atoms with van der Waals surface area (Å²) < 4.78 is 0. The molecule has 90 valence electrons. The first-order valence-corrected chi connectivity index (χ1v) is 5.62. The molecule has 0 unspecified atom stereocenters. The first kappa shape index (κ1) is 11.0. The molecule has 16 heavy (non-hydrogen) atoms. The molecule has 0 aromatic carbocycles. The van der Waals surface area contributed by atoms with Crippen LogP contribution >= 0.6 is 0 Å². The Morgan fingerprint density at radius 2 is 1.69 bits per heavy atom. The Balaban J connectivity index is 1.88. The molecule has 2 rings (SSSR count). The van der Waals surface area contributed by atoms with Crippen LogP contribution in [0.2, 0.25) is 0 Å². The van der Waals surface area contributed by atoms with Gasteiger partial charge in [0.15, 0.2) is 0 Å². The molecule has 6 heteroatoms. The molecule has 0 aromatic rings. The lowest BCUT2D eigenvalue weighted by atomic mass is 10.0. The second-order valence-corrected chi connectivity index (χ2v) is 4.45. The number of carboxylic acid groups (broad SMARTS) is 1. The SMILES string of the molecule is CCNC(=O)N1C[C@H]2CN(C(=O)O)C[C@H]2C1. The van der Waals surface area contributed by atoms with Gasteiger partial charge in [-0.05, 0) is 6.92 Å². The standard InChI is InChI=1S/C10H17N3O3/c1-2-11-9(14)12-3-7-5-13(10(15)16)6-8(7)4-12/h7-8H,2-6H2,1H3,(H,11,14)(H,15,16)/t7-,8+. The van der Waals surface area contributed by atoms with E-state index in [9.17, 15) is 9.59 Å². The minimum atomic E-state index is -0.848. The van der Waals surface area contributed by atoms with Crippen molar-refractivity contribution < 1.29 is 14.7 Å². The molecular formula is C10H17N3O3. The Labute approximate surface area is 94.2 Å². The van der Waals surface area contributed by atoms with E-state index in [1.807, 2.05) is 6.92 Å². The van der Waals surface area contributed by atoms with Gasteiger partial charge in [-0.1, -0.05) is 0 Å². The highest BCUT2D eigenvalue weighted by molar-refractivity contribution is 5.74. The predicted octanol–water partition coefficient (Wildman–Crippen LogP) is 0.258. The minimum Gasteiger partial charge on any atom is -0.465 e. The van der Waals surface area contributed by atoms with Gasteiger partial charge >= 0.3 is 12.1 Å². The zero-order valence-electron chi connectivity index (χ0n) is 9.35. The summed E-state index contributed by atoms with van der Waals surface area (Å²) in [4.78, 5) is 25.6. The first-order valence-electron chi connectivity index (χ1n) is 5.62. The molecule has 6 nitrogen and oxygen atoms in total. The third-order valence-electron chi connectivity index (χ3n) is 3.37. The van der Waals surface area contributed by atoms with Gasteiger partial charge in [0.05, 0.1) is 0 Å². The van der Waals surface area contributed by atoms with E-state index in [4.69, 9.17) is 5.11 Å². The van der Waals surface area contributed by atoms with Gasteiger partial charge < -0.3 is 20.2 Å². The summed E-state index contributed by atoms with van der Waals surface area (Å²) in [5.74, 6) is 0.636. The van der Waals surface area contributed by atoms with Crippen LogP contribution in [0.5, 0.6) is 0 Å². The number of rotatable bonds is 1. The highest BCUT2D eigenvalue weighted by Crippen LogP contribution is 2.30. The molecule has 3 amide bonds. The van der Waals surface area contributed by atoms with Gasteiger partial charge in [-0.25, -0.2) is 9.59 Å². The van der Waals surface area contributed by atoms with Crippen molar-refractivity contribution >= 4 is 12.1 Å². The summed E-state index contributed by atoms with van der Waals surface area (Å²) in [7, 11) is 0. The van der Waals surface area contributed by atoms with Gasteiger partial charge in [0.2, 0.25) is 0 Å². The molecule has 0 aromatic heterocycles. The molecule has 2 atom stereocenters. The summed E-state index contributed by atoms with van der Waals surface area (Å²) in [6.07, 6.45) is -0.848. The summed E-state index contributed by atoms with van der Waals surface area (Å²) in [6, 6.07) is -0.0289. The second-order valence-electron chi connectivity index (χ2n) is 4.45. The number of hydrogen-bond donors (Lipinski definition) is 2. The number of likely N-dealkylation sites (tertiary alicyclic amines) is 2. The van der Waals surface area contributed by atoms with Crippen molar-refractivity contribution in [3.05, 3.63) is 0 Å². The van der Waals surface area contributed by atoms with E-state index in [0.717, 1.165) is 0 Å². The largest absolute Gasteiger partial charge is 0.465 e. The first-order chi connectivity index (χ1) is 7.61. The van der Waals surface area contributed by atoms with Crippen molar-refractivity contribution in [1.82, 2.24) is 15.1 Å². The normalized spacial score (nSPS) is 28.1. The number of nitrogens with one attached hydrogen (secondary N) is 1. The Morgan fingerprint density at radius 3 is 2.12 bits per heavy atom. The average molecular weight is 227 g/mol. The highest BCUT2D eigenvalue weighted by Gasteiger charge is 2.42. The van der Waals surface area contributed by atoms with E-state index < -0.39 is 6.09 Å². The third kappa shape index (κ3) is 1.91. The van der Waals surface area contributed by atoms with E-state index in [0.29, 0.717) is 44.6 Å². The molecule has 0 bridgehead atoms. The molecule has 0 saturated carbocycles. The van der Waals surface area contributed by atoms with Crippen molar-refractivity contribution in [1.29, 1.82) is 0 Å². The molecule has 2 aliphatic heterocycles. The summed E-state index contributed by atoms with van der Waals surface area (Å²) in [5, 5.41) is 11.6. The van der Waals surface area contributed by atoms with Crippen molar-refractivity contribution in [2.75, 3.05) is 32.7 Å². The zero-order valence-corrected chi connectivity index (χ0v) is 9.35. The van der Waals surface area contributed by atoms with Gasteiger partial charge in [0, 0.05) is 44.6 Å². The number of hydrogen-bond acceptors (Lipinski definition) is 2. The molecule has 2 fully saturated rings. The molecule has 0 aliphatic carbocycles. The van der Waals surface area contributed by atoms with Gasteiger partial charge in [-0.2, -0.15) is 0 Å². The van der Waals surface area contributed by atoms with Crippen LogP contribution in [0.1, 0.15) is 6.92 Å². The van der Waals surface area contributed by atoms with Gasteiger partial charge in [-0.15, -0.1) is 0 Å². The number of carbonyl (C=O) groups is 2. The van der Waals surface area contributed by atoms with Crippen LogP contribution in [0.25, 0.3) is 0 Å². The zero-order chi connectivity index (χ0) is 11.7. The van der Waals surface area contributed by atoms with E-state index >= 15 is 0 Å². The molecule has 2 N–H and O–H groups in total. The molecular weight excluding hydrogens is 210 g/mol. The molecule has 0 spiro atoms. The highest BCUT2D eigenvalue weighted by atomic mass is 16.4. The van der Waals surface area contributed by atoms with Crippen molar-refractivity contribution in [2.24, 2.45) is 11.8 Å². The van der Waals surface area contributed by atoms with Crippen molar-refractivity contribution in [3.63, 3.8) is 0 Å². The molecule has 2 aliphatic rings. The quantitative estimate of drug-likeness (QED) is 0.674. The van der Waals surface area contributed by atoms with Crippen LogP contribution in [-0.2, 0) is 0 Å². The van der Waals surface area contributed by atoms with E-state index in [-0.39, 0.29) is 6.03 Å². The Kier molecular flexibility index (Phi) is 2.89. The smallest absolute Gasteiger partial charge is 0.407 e. The number of urea groups is 1. The van der Waals surface area contributed by atoms with Gasteiger partial charge in [0.1, 0.15) is 0 Å². The Hall–Kier alpha value is -1.46. The maximum atomic E-state index is 11.6. The van der Waals surface area contributed by atoms with E-state index in [1.54, 1.807) is 4.90 Å². The topological polar surface area (TPSA) is 72.9 Å². The van der Waals surface area contributed by atoms with E-state index in [1.165, 1.54) is 4.90 Å². The maximum absolute atomic E-state index is 11.6. The van der Waals surface area contributed by atoms with Crippen LogP contribution in [0.3, 0.4) is 0 Å².